The van der Waals surface area contributed by atoms with Crippen molar-refractivity contribution >= 4 is 0 Å². The van der Waals surface area contributed by atoms with Crippen LogP contribution in [-0.2, 0) is 0 Å². The minimum absolute atomic E-state index is 0.111. The number of nitrogens with two attached hydrogens (primary N) is 1. The second kappa shape index (κ2) is 2.94. The summed E-state index contributed by atoms with van der Waals surface area (Å²) in [6, 6.07) is 0. The van der Waals surface area contributed by atoms with Gasteiger partial charge in [-0.15, -0.1) is 0 Å². The predicted octanol–water partition coefficient (Wildman–Crippen LogP) is 0.801. The highest BCUT2D eigenvalue weighted by Gasteiger charge is 2.43. The Morgan fingerprint density at radius 3 is 1.77 bits per heavy atom. The van der Waals surface area contributed by atoms with Gasteiger partial charge in [0.15, 0.2) is 0 Å². The van der Waals surface area contributed by atoms with Crippen LogP contribution in [-0.4, -0.2) is 23.8 Å². The molecule has 3 heteroatoms. The highest BCUT2D eigenvalue weighted by atomic mass is 15.2. The molecule has 0 atom stereocenters. The lowest BCUT2D eigenvalue weighted by Gasteiger charge is -2.51. The van der Waals surface area contributed by atoms with Crippen LogP contribution >= 0.6 is 0 Å². The molecule has 0 aromatic heterocycles. The van der Waals surface area contributed by atoms with Gasteiger partial charge in [-0.25, -0.2) is 0 Å². The normalized spacial score (nSPS) is 30.0. The third-order valence-electron chi connectivity index (χ3n) is 2.69. The predicted molar refractivity (Wildman–Crippen MR) is 56.5 cm³/mol. The van der Waals surface area contributed by atoms with E-state index in [2.05, 4.69) is 38.3 Å². The molecular formula is C10H23N3. The van der Waals surface area contributed by atoms with E-state index in [9.17, 15) is 0 Å². The van der Waals surface area contributed by atoms with Gasteiger partial charge in [0.2, 0.25) is 0 Å². The number of piperidine rings is 1. The van der Waals surface area contributed by atoms with Gasteiger partial charge >= 0.3 is 0 Å². The van der Waals surface area contributed by atoms with Gasteiger partial charge in [-0.2, -0.15) is 0 Å². The van der Waals surface area contributed by atoms with Gasteiger partial charge in [0.05, 0.1) is 5.66 Å². The molecule has 1 aliphatic heterocycles. The molecule has 1 heterocycles. The van der Waals surface area contributed by atoms with Gasteiger partial charge in [0, 0.05) is 11.1 Å². The Bertz CT molecular complexity index is 180. The molecule has 1 rings (SSSR count). The molecule has 0 aliphatic carbocycles. The highest BCUT2D eigenvalue weighted by Crippen LogP contribution is 2.32. The molecule has 1 aliphatic rings. The molecule has 0 spiro atoms. The van der Waals surface area contributed by atoms with Crippen LogP contribution in [0.2, 0.25) is 0 Å². The van der Waals surface area contributed by atoms with Gasteiger partial charge in [-0.3, -0.25) is 0 Å². The monoisotopic (exact) mass is 185 g/mol. The Labute approximate surface area is 81.5 Å². The summed E-state index contributed by atoms with van der Waals surface area (Å²) in [7, 11) is 1.94. The first-order valence-electron chi connectivity index (χ1n) is 4.95. The van der Waals surface area contributed by atoms with Crippen molar-refractivity contribution in [3.63, 3.8) is 0 Å². The Balaban J connectivity index is 2.84. The van der Waals surface area contributed by atoms with Gasteiger partial charge < -0.3 is 16.4 Å². The fourth-order valence-corrected chi connectivity index (χ4v) is 2.82. The second-order valence-electron chi connectivity index (χ2n) is 5.65. The fraction of sp³-hybridized carbons (Fsp3) is 1.00. The molecule has 0 aromatic carbocycles. The summed E-state index contributed by atoms with van der Waals surface area (Å²) in [6.07, 6.45) is 1.92. The van der Waals surface area contributed by atoms with Crippen molar-refractivity contribution in [2.75, 3.05) is 7.05 Å². The Hall–Kier alpha value is -0.120. The standard InChI is InChI=1S/C10H23N3/c1-8(2)6-10(11,12-5)7-9(3,4)13-8/h12-13H,6-7,11H2,1-5H3. The number of rotatable bonds is 1. The Kier molecular flexibility index (Phi) is 2.48. The number of hydrogen-bond acceptors (Lipinski definition) is 3. The molecule has 0 bridgehead atoms. The zero-order valence-electron chi connectivity index (χ0n) is 9.49. The molecule has 0 aromatic rings. The average Bonchev–Trinajstić information content (AvgIpc) is 1.79. The van der Waals surface area contributed by atoms with E-state index < -0.39 is 0 Å². The summed E-state index contributed by atoms with van der Waals surface area (Å²) in [5.74, 6) is 0. The highest BCUT2D eigenvalue weighted by molar-refractivity contribution is 5.04. The van der Waals surface area contributed by atoms with Crippen molar-refractivity contribution in [2.45, 2.75) is 57.3 Å². The first-order chi connectivity index (χ1) is 5.68. The zero-order valence-corrected chi connectivity index (χ0v) is 9.49. The summed E-state index contributed by atoms with van der Waals surface area (Å²) in [5.41, 5.74) is 6.26. The molecule has 1 fully saturated rings. The van der Waals surface area contributed by atoms with Crippen molar-refractivity contribution in [1.29, 1.82) is 0 Å². The van der Waals surface area contributed by atoms with E-state index in [1.54, 1.807) is 0 Å². The van der Waals surface area contributed by atoms with Gasteiger partial charge in [-0.05, 0) is 47.6 Å². The van der Waals surface area contributed by atoms with Crippen LogP contribution in [0.15, 0.2) is 0 Å². The Morgan fingerprint density at radius 2 is 1.46 bits per heavy atom. The lowest BCUT2D eigenvalue weighted by atomic mass is 9.76. The fourth-order valence-electron chi connectivity index (χ4n) is 2.82. The van der Waals surface area contributed by atoms with E-state index >= 15 is 0 Å². The number of hydrogen-bond donors (Lipinski definition) is 3. The third kappa shape index (κ3) is 2.66. The molecule has 1 saturated heterocycles. The molecule has 3 nitrogen and oxygen atoms in total. The minimum atomic E-state index is -0.224. The molecular weight excluding hydrogens is 162 g/mol. The van der Waals surface area contributed by atoms with Gasteiger partial charge in [-0.1, -0.05) is 0 Å². The van der Waals surface area contributed by atoms with E-state index in [1.807, 2.05) is 7.05 Å². The number of nitrogens with one attached hydrogen (secondary N) is 2. The van der Waals surface area contributed by atoms with E-state index in [-0.39, 0.29) is 16.7 Å². The third-order valence-corrected chi connectivity index (χ3v) is 2.69. The lowest BCUT2D eigenvalue weighted by Crippen LogP contribution is -2.70. The van der Waals surface area contributed by atoms with Crippen LogP contribution in [0.25, 0.3) is 0 Å². The Morgan fingerprint density at radius 1 is 1.08 bits per heavy atom. The molecule has 4 N–H and O–H groups in total. The zero-order chi connectivity index (χ0) is 10.3. The van der Waals surface area contributed by atoms with Crippen LogP contribution in [0, 0.1) is 0 Å². The summed E-state index contributed by atoms with van der Waals surface area (Å²) in [4.78, 5) is 0. The van der Waals surface area contributed by atoms with Crippen molar-refractivity contribution in [3.8, 4) is 0 Å². The lowest BCUT2D eigenvalue weighted by molar-refractivity contribution is 0.0890. The molecule has 13 heavy (non-hydrogen) atoms. The van der Waals surface area contributed by atoms with Crippen molar-refractivity contribution in [2.24, 2.45) is 5.73 Å². The maximum absolute atomic E-state index is 6.26. The average molecular weight is 185 g/mol. The van der Waals surface area contributed by atoms with Crippen molar-refractivity contribution in [1.82, 2.24) is 10.6 Å². The summed E-state index contributed by atoms with van der Waals surface area (Å²) in [5, 5.41) is 6.83. The van der Waals surface area contributed by atoms with Gasteiger partial charge in [0.25, 0.3) is 0 Å². The summed E-state index contributed by atoms with van der Waals surface area (Å²) < 4.78 is 0. The maximum atomic E-state index is 6.26. The molecule has 0 saturated carbocycles. The van der Waals surface area contributed by atoms with Crippen LogP contribution in [0.3, 0.4) is 0 Å². The first-order valence-corrected chi connectivity index (χ1v) is 4.95. The van der Waals surface area contributed by atoms with E-state index in [0.717, 1.165) is 12.8 Å². The quantitative estimate of drug-likeness (QED) is 0.530. The van der Waals surface area contributed by atoms with Crippen LogP contribution in [0.5, 0.6) is 0 Å². The van der Waals surface area contributed by atoms with Gasteiger partial charge in [0.1, 0.15) is 0 Å². The van der Waals surface area contributed by atoms with E-state index in [4.69, 9.17) is 5.73 Å². The molecule has 78 valence electrons. The van der Waals surface area contributed by atoms with Crippen LogP contribution in [0.1, 0.15) is 40.5 Å². The van der Waals surface area contributed by atoms with Crippen LogP contribution in [0.4, 0.5) is 0 Å². The largest absolute Gasteiger partial charge is 0.313 e. The van der Waals surface area contributed by atoms with E-state index in [1.165, 1.54) is 0 Å². The van der Waals surface area contributed by atoms with Crippen molar-refractivity contribution < 1.29 is 0 Å². The first kappa shape index (κ1) is 11.0. The molecule has 0 radical (unpaired) electrons. The topological polar surface area (TPSA) is 50.1 Å². The van der Waals surface area contributed by atoms with Crippen molar-refractivity contribution in [3.05, 3.63) is 0 Å². The minimum Gasteiger partial charge on any atom is -0.313 e. The van der Waals surface area contributed by atoms with E-state index in [0.29, 0.717) is 0 Å². The second-order valence-corrected chi connectivity index (χ2v) is 5.65. The SMILES string of the molecule is CNC1(N)CC(C)(C)NC(C)(C)C1. The summed E-state index contributed by atoms with van der Waals surface area (Å²) >= 11 is 0. The summed E-state index contributed by atoms with van der Waals surface area (Å²) in [6.45, 7) is 8.80. The smallest absolute Gasteiger partial charge is 0.0694 e. The van der Waals surface area contributed by atoms with Crippen LogP contribution < -0.4 is 16.4 Å². The molecule has 0 amide bonds. The molecule has 0 unspecified atom stereocenters. The maximum Gasteiger partial charge on any atom is 0.0694 e.